The summed E-state index contributed by atoms with van der Waals surface area (Å²) in [5, 5.41) is 0. The van der Waals surface area contributed by atoms with Crippen molar-refractivity contribution in [2.24, 2.45) is 5.92 Å². The highest BCUT2D eigenvalue weighted by Crippen LogP contribution is 2.28. The van der Waals surface area contributed by atoms with Gasteiger partial charge in [-0.25, -0.2) is 4.79 Å². The molecule has 0 bridgehead atoms. The lowest BCUT2D eigenvalue weighted by atomic mass is 9.87. The number of ether oxygens (including phenoxy) is 3. The zero-order valence-electron chi connectivity index (χ0n) is 14.9. The van der Waals surface area contributed by atoms with Gasteiger partial charge in [0.2, 0.25) is 0 Å². The van der Waals surface area contributed by atoms with E-state index in [1.807, 2.05) is 6.92 Å². The van der Waals surface area contributed by atoms with Gasteiger partial charge < -0.3 is 14.2 Å². The Morgan fingerprint density at radius 3 is 2.32 bits per heavy atom. The summed E-state index contributed by atoms with van der Waals surface area (Å²) in [6, 6.07) is 7.09. The second kappa shape index (κ2) is 9.87. The van der Waals surface area contributed by atoms with Crippen LogP contribution < -0.4 is 9.47 Å². The van der Waals surface area contributed by atoms with Crippen molar-refractivity contribution in [3.05, 3.63) is 36.4 Å². The molecular formula is C20H26O5. The maximum absolute atomic E-state index is 12.3. The minimum Gasteiger partial charge on any atom is -0.494 e. The first-order valence-electron chi connectivity index (χ1n) is 8.90. The molecule has 1 aromatic rings. The predicted molar refractivity (Wildman–Crippen MR) is 94.5 cm³/mol. The largest absolute Gasteiger partial charge is 0.494 e. The Balaban J connectivity index is 1.77. The lowest BCUT2D eigenvalue weighted by Gasteiger charge is -2.26. The van der Waals surface area contributed by atoms with Gasteiger partial charge in [0, 0.05) is 6.08 Å². The summed E-state index contributed by atoms with van der Waals surface area (Å²) in [5.41, 5.74) is 0. The van der Waals surface area contributed by atoms with E-state index >= 15 is 0 Å². The van der Waals surface area contributed by atoms with Crippen molar-refractivity contribution in [3.63, 3.8) is 0 Å². The molecule has 0 radical (unpaired) electrons. The molecule has 5 nitrogen and oxygen atoms in total. The summed E-state index contributed by atoms with van der Waals surface area (Å²) < 4.78 is 16.3. The summed E-state index contributed by atoms with van der Waals surface area (Å²) in [6.45, 7) is 4.49. The molecule has 25 heavy (non-hydrogen) atoms. The van der Waals surface area contributed by atoms with Gasteiger partial charge in [-0.15, -0.1) is 0 Å². The fourth-order valence-corrected chi connectivity index (χ4v) is 2.78. The summed E-state index contributed by atoms with van der Waals surface area (Å²) in [5.74, 6) is 0.604. The Hall–Kier alpha value is -2.30. The number of allylic oxidation sites excluding steroid dienone is 1. The molecular weight excluding hydrogens is 320 g/mol. The Bertz CT molecular complexity index is 583. The molecule has 0 N–H and O–H groups in total. The van der Waals surface area contributed by atoms with Crippen LogP contribution in [0.2, 0.25) is 0 Å². The molecule has 5 heteroatoms. The number of hydrogen-bond acceptors (Lipinski definition) is 5. The van der Waals surface area contributed by atoms with Crippen molar-refractivity contribution in [1.29, 1.82) is 0 Å². The maximum atomic E-state index is 12.3. The van der Waals surface area contributed by atoms with Crippen LogP contribution in [-0.2, 0) is 14.3 Å². The van der Waals surface area contributed by atoms with Crippen LogP contribution in [0.25, 0.3) is 0 Å². The molecule has 1 aliphatic carbocycles. The van der Waals surface area contributed by atoms with E-state index in [0.29, 0.717) is 38.0 Å². The van der Waals surface area contributed by atoms with Crippen LogP contribution >= 0.6 is 0 Å². The second-order valence-electron chi connectivity index (χ2n) is 6.15. The van der Waals surface area contributed by atoms with Crippen LogP contribution in [0.3, 0.4) is 0 Å². The van der Waals surface area contributed by atoms with Gasteiger partial charge in [0.05, 0.1) is 12.5 Å². The minimum atomic E-state index is -0.320. The first-order valence-corrected chi connectivity index (χ1v) is 8.90. The Morgan fingerprint density at radius 1 is 1.08 bits per heavy atom. The normalized spacial score (nSPS) is 20.2. The average Bonchev–Trinajstić information content (AvgIpc) is 2.62. The number of esters is 2. The molecule has 0 aromatic heterocycles. The third kappa shape index (κ3) is 6.25. The molecule has 0 aliphatic heterocycles. The van der Waals surface area contributed by atoms with Gasteiger partial charge in [0.25, 0.3) is 0 Å². The molecule has 0 atom stereocenters. The number of hydrogen-bond donors (Lipinski definition) is 0. The highest BCUT2D eigenvalue weighted by Gasteiger charge is 2.29. The number of carbonyl (C=O) groups is 2. The topological polar surface area (TPSA) is 61.8 Å². The van der Waals surface area contributed by atoms with E-state index in [0.717, 1.165) is 12.2 Å². The molecule has 1 saturated carbocycles. The number of carbonyl (C=O) groups excluding carboxylic acids is 2. The summed E-state index contributed by atoms with van der Waals surface area (Å²) in [4.78, 5) is 23.7. The lowest BCUT2D eigenvalue weighted by Crippen LogP contribution is -2.29. The molecule has 0 saturated heterocycles. The van der Waals surface area contributed by atoms with E-state index < -0.39 is 0 Å². The molecule has 0 amide bonds. The van der Waals surface area contributed by atoms with Crippen molar-refractivity contribution in [2.75, 3.05) is 6.61 Å². The molecule has 1 fully saturated rings. The van der Waals surface area contributed by atoms with E-state index in [9.17, 15) is 9.59 Å². The fraction of sp³-hybridized carbons (Fsp3) is 0.500. The van der Waals surface area contributed by atoms with Crippen LogP contribution in [0.1, 0.15) is 46.0 Å². The van der Waals surface area contributed by atoms with Gasteiger partial charge in [-0.05, 0) is 63.3 Å². The van der Waals surface area contributed by atoms with Gasteiger partial charge in [0.15, 0.2) is 0 Å². The van der Waals surface area contributed by atoms with E-state index in [1.54, 1.807) is 37.3 Å². The molecule has 136 valence electrons. The lowest BCUT2D eigenvalue weighted by molar-refractivity contribution is -0.147. The zero-order valence-corrected chi connectivity index (χ0v) is 14.9. The number of benzene rings is 1. The van der Waals surface area contributed by atoms with Gasteiger partial charge in [-0.1, -0.05) is 13.0 Å². The zero-order chi connectivity index (χ0) is 18.1. The number of rotatable bonds is 7. The van der Waals surface area contributed by atoms with E-state index in [1.165, 1.54) is 6.08 Å². The van der Waals surface area contributed by atoms with Gasteiger partial charge in [-0.2, -0.15) is 0 Å². The van der Waals surface area contributed by atoms with E-state index in [-0.39, 0.29) is 24.0 Å². The van der Waals surface area contributed by atoms with Crippen LogP contribution in [0.15, 0.2) is 36.4 Å². The van der Waals surface area contributed by atoms with E-state index in [4.69, 9.17) is 14.2 Å². The smallest absolute Gasteiger partial charge is 0.330 e. The molecule has 0 spiro atoms. The minimum absolute atomic E-state index is 0.109. The third-order valence-corrected chi connectivity index (χ3v) is 4.11. The summed E-state index contributed by atoms with van der Waals surface area (Å²) in [6.07, 6.45) is 6.62. The van der Waals surface area contributed by atoms with Crippen LogP contribution in [-0.4, -0.2) is 24.6 Å². The molecule has 1 aromatic carbocycles. The van der Waals surface area contributed by atoms with Crippen LogP contribution in [0.4, 0.5) is 0 Å². The van der Waals surface area contributed by atoms with Gasteiger partial charge in [0.1, 0.15) is 17.6 Å². The highest BCUT2D eigenvalue weighted by molar-refractivity contribution is 5.82. The highest BCUT2D eigenvalue weighted by atomic mass is 16.5. The van der Waals surface area contributed by atoms with Crippen molar-refractivity contribution in [3.8, 4) is 11.5 Å². The first kappa shape index (κ1) is 19.0. The SMILES string of the molecule is C/C=C/C(=O)OC1CCC(C(=O)Oc2ccc(OCCC)cc2)CC1. The maximum Gasteiger partial charge on any atom is 0.330 e. The Kier molecular flexibility index (Phi) is 7.51. The van der Waals surface area contributed by atoms with Crippen molar-refractivity contribution < 1.29 is 23.8 Å². The average molecular weight is 346 g/mol. The standard InChI is InChI=1S/C20H26O5/c1-3-5-19(21)24-17-8-6-15(7-9-17)20(22)25-18-12-10-16(11-13-18)23-14-4-2/h3,5,10-13,15,17H,4,6-9,14H2,1-2H3/b5-3+. The van der Waals surface area contributed by atoms with Gasteiger partial charge in [-0.3, -0.25) is 4.79 Å². The van der Waals surface area contributed by atoms with Crippen LogP contribution in [0.5, 0.6) is 11.5 Å². The molecule has 0 heterocycles. The fourth-order valence-electron chi connectivity index (χ4n) is 2.78. The summed E-state index contributed by atoms with van der Waals surface area (Å²) >= 11 is 0. The second-order valence-corrected chi connectivity index (χ2v) is 6.15. The van der Waals surface area contributed by atoms with Crippen molar-refractivity contribution >= 4 is 11.9 Å². The Morgan fingerprint density at radius 2 is 1.72 bits per heavy atom. The van der Waals surface area contributed by atoms with Crippen LogP contribution in [0, 0.1) is 5.92 Å². The molecule has 1 aliphatic rings. The predicted octanol–water partition coefficient (Wildman–Crippen LogP) is 4.06. The van der Waals surface area contributed by atoms with Crippen molar-refractivity contribution in [1.82, 2.24) is 0 Å². The molecule has 2 rings (SSSR count). The van der Waals surface area contributed by atoms with E-state index in [2.05, 4.69) is 0 Å². The summed E-state index contributed by atoms with van der Waals surface area (Å²) in [7, 11) is 0. The monoisotopic (exact) mass is 346 g/mol. The van der Waals surface area contributed by atoms with Crippen molar-refractivity contribution in [2.45, 2.75) is 52.1 Å². The third-order valence-electron chi connectivity index (χ3n) is 4.11. The molecule has 0 unspecified atom stereocenters. The Labute approximate surface area is 149 Å². The quantitative estimate of drug-likeness (QED) is 0.423. The first-order chi connectivity index (χ1) is 12.1. The van der Waals surface area contributed by atoms with Gasteiger partial charge >= 0.3 is 11.9 Å².